The fourth-order valence-corrected chi connectivity index (χ4v) is 5.05. The number of ether oxygens (including phenoxy) is 3. The second-order valence-electron chi connectivity index (χ2n) is 7.80. The number of carbonyl (C=O) groups is 2. The Hall–Kier alpha value is -3.59. The van der Waals surface area contributed by atoms with Crippen LogP contribution in [0.4, 0.5) is 10.8 Å². The molecule has 0 fully saturated rings. The van der Waals surface area contributed by atoms with E-state index in [-0.39, 0.29) is 17.7 Å². The number of carbonyl (C=O) groups excluding carboxylic acids is 2. The molecule has 2 aromatic carbocycles. The molecule has 2 N–H and O–H groups in total. The highest BCUT2D eigenvalue weighted by atomic mass is 32.1. The third kappa shape index (κ3) is 4.49. The predicted octanol–water partition coefficient (Wildman–Crippen LogP) is 4.23. The van der Waals surface area contributed by atoms with Gasteiger partial charge in [0.2, 0.25) is 5.91 Å². The molecule has 1 aliphatic carbocycles. The lowest BCUT2D eigenvalue weighted by Crippen LogP contribution is -2.25. The lowest BCUT2D eigenvalue weighted by atomic mass is 9.90. The monoisotopic (exact) mass is 465 g/mol. The summed E-state index contributed by atoms with van der Waals surface area (Å²) in [7, 11) is 1.58. The van der Waals surface area contributed by atoms with E-state index < -0.39 is 0 Å². The Balaban J connectivity index is 1.30. The van der Waals surface area contributed by atoms with Crippen LogP contribution in [0, 0.1) is 0 Å². The summed E-state index contributed by atoms with van der Waals surface area (Å²) in [6.07, 6.45) is 2.44. The zero-order valence-corrected chi connectivity index (χ0v) is 18.9. The number of hydrogen-bond donors (Lipinski definition) is 2. The largest absolute Gasteiger partial charge is 0.497 e. The Labute approximate surface area is 194 Å². The van der Waals surface area contributed by atoms with Gasteiger partial charge in [0.15, 0.2) is 16.6 Å². The van der Waals surface area contributed by atoms with E-state index in [1.54, 1.807) is 49.6 Å². The normalized spacial score (nSPS) is 16.5. The van der Waals surface area contributed by atoms with E-state index in [2.05, 4.69) is 15.6 Å². The minimum Gasteiger partial charge on any atom is -0.497 e. The lowest BCUT2D eigenvalue weighted by molar-refractivity contribution is -0.117. The van der Waals surface area contributed by atoms with Gasteiger partial charge >= 0.3 is 0 Å². The minimum atomic E-state index is -0.371. The Morgan fingerprint density at radius 3 is 2.64 bits per heavy atom. The topological polar surface area (TPSA) is 98.8 Å². The molecule has 1 atom stereocenters. The Bertz CT molecular complexity index is 1190. The molecule has 1 aromatic heterocycles. The summed E-state index contributed by atoms with van der Waals surface area (Å²) < 4.78 is 16.3. The number of fused-ring (bicyclic) bond motifs is 2. The van der Waals surface area contributed by atoms with Gasteiger partial charge in [-0.1, -0.05) is 0 Å². The molecular formula is C24H23N3O5S. The molecule has 33 heavy (non-hydrogen) atoms. The van der Waals surface area contributed by atoms with Crippen LogP contribution in [0.2, 0.25) is 0 Å². The number of aryl methyl sites for hydroxylation is 1. The van der Waals surface area contributed by atoms with Gasteiger partial charge in [0.25, 0.3) is 5.91 Å². The van der Waals surface area contributed by atoms with Crippen LogP contribution in [-0.2, 0) is 11.2 Å². The number of aromatic nitrogens is 1. The van der Waals surface area contributed by atoms with Crippen LogP contribution in [-0.4, -0.2) is 37.1 Å². The van der Waals surface area contributed by atoms with Crippen molar-refractivity contribution in [2.75, 3.05) is 31.0 Å². The van der Waals surface area contributed by atoms with E-state index in [1.165, 1.54) is 11.3 Å². The SMILES string of the molecule is COc1ccc(C(=O)Nc2nc3c(s2)CCC[C@@H]3C(=O)Nc2ccc3c(c2)OCCO3)cc1. The van der Waals surface area contributed by atoms with Crippen LogP contribution in [0.3, 0.4) is 0 Å². The van der Waals surface area contributed by atoms with Crippen LogP contribution in [0.5, 0.6) is 17.2 Å². The second-order valence-corrected chi connectivity index (χ2v) is 8.89. The van der Waals surface area contributed by atoms with Crippen LogP contribution in [0.15, 0.2) is 42.5 Å². The Kier molecular flexibility index (Phi) is 5.87. The van der Waals surface area contributed by atoms with E-state index in [0.29, 0.717) is 53.3 Å². The van der Waals surface area contributed by atoms with Gasteiger partial charge in [-0.2, -0.15) is 0 Å². The van der Waals surface area contributed by atoms with Crippen LogP contribution in [0.1, 0.15) is 39.7 Å². The van der Waals surface area contributed by atoms with Crippen molar-refractivity contribution in [2.24, 2.45) is 0 Å². The molecule has 0 saturated carbocycles. The fourth-order valence-electron chi connectivity index (χ4n) is 3.99. The number of benzene rings is 2. The summed E-state index contributed by atoms with van der Waals surface area (Å²) in [6, 6.07) is 12.2. The molecule has 0 radical (unpaired) electrons. The van der Waals surface area contributed by atoms with Gasteiger partial charge in [-0.15, -0.1) is 11.3 Å². The maximum absolute atomic E-state index is 13.1. The van der Waals surface area contributed by atoms with Gasteiger partial charge in [0.1, 0.15) is 19.0 Å². The van der Waals surface area contributed by atoms with Gasteiger partial charge in [-0.05, 0) is 55.7 Å². The molecule has 0 unspecified atom stereocenters. The van der Waals surface area contributed by atoms with E-state index >= 15 is 0 Å². The quantitative estimate of drug-likeness (QED) is 0.585. The van der Waals surface area contributed by atoms with Crippen LogP contribution < -0.4 is 24.8 Å². The molecule has 0 bridgehead atoms. The van der Waals surface area contributed by atoms with E-state index in [0.717, 1.165) is 23.4 Å². The van der Waals surface area contributed by atoms with Gasteiger partial charge in [-0.25, -0.2) is 4.98 Å². The van der Waals surface area contributed by atoms with Gasteiger partial charge in [0.05, 0.1) is 18.7 Å². The summed E-state index contributed by atoms with van der Waals surface area (Å²) in [5.41, 5.74) is 1.91. The van der Waals surface area contributed by atoms with E-state index in [1.807, 2.05) is 0 Å². The molecule has 170 valence electrons. The van der Waals surface area contributed by atoms with Crippen molar-refractivity contribution in [2.45, 2.75) is 25.2 Å². The highest BCUT2D eigenvalue weighted by Crippen LogP contribution is 2.38. The molecule has 9 heteroatoms. The highest BCUT2D eigenvalue weighted by Gasteiger charge is 2.31. The van der Waals surface area contributed by atoms with Gasteiger partial charge in [-0.3, -0.25) is 14.9 Å². The van der Waals surface area contributed by atoms with Crippen molar-refractivity contribution in [1.29, 1.82) is 0 Å². The summed E-state index contributed by atoms with van der Waals surface area (Å²) in [5.74, 6) is 1.25. The zero-order valence-electron chi connectivity index (χ0n) is 18.1. The molecule has 1 aliphatic heterocycles. The summed E-state index contributed by atoms with van der Waals surface area (Å²) in [4.78, 5) is 31.4. The standard InChI is InChI=1S/C24H23N3O5S/c1-30-16-8-5-14(6-9-16)22(28)27-24-26-21-17(3-2-4-20(21)33-24)23(29)25-15-7-10-18-19(13-15)32-12-11-31-18/h5-10,13,17H,2-4,11-12H2,1H3,(H,25,29)(H,26,27,28)/t17-/m0/s1. The number of nitrogens with zero attached hydrogens (tertiary/aromatic N) is 1. The summed E-state index contributed by atoms with van der Waals surface area (Å²) in [5, 5.41) is 6.34. The first-order valence-corrected chi connectivity index (χ1v) is 11.6. The molecule has 3 aromatic rings. The third-order valence-electron chi connectivity index (χ3n) is 5.65. The van der Waals surface area contributed by atoms with E-state index in [9.17, 15) is 9.59 Å². The summed E-state index contributed by atoms with van der Waals surface area (Å²) in [6.45, 7) is 1.00. The van der Waals surface area contributed by atoms with Crippen molar-refractivity contribution >= 4 is 34.0 Å². The first-order chi connectivity index (χ1) is 16.1. The average Bonchev–Trinajstić information content (AvgIpc) is 3.26. The molecule has 2 amide bonds. The smallest absolute Gasteiger partial charge is 0.257 e. The number of methoxy groups -OCH3 is 1. The molecule has 0 spiro atoms. The minimum absolute atomic E-state index is 0.119. The van der Waals surface area contributed by atoms with Crippen molar-refractivity contribution in [3.63, 3.8) is 0 Å². The molecule has 8 nitrogen and oxygen atoms in total. The number of thiazole rings is 1. The first kappa shape index (κ1) is 21.3. The molecular weight excluding hydrogens is 442 g/mol. The Morgan fingerprint density at radius 1 is 1.06 bits per heavy atom. The number of anilines is 2. The van der Waals surface area contributed by atoms with Crippen molar-refractivity contribution in [3.8, 4) is 17.2 Å². The third-order valence-corrected chi connectivity index (χ3v) is 6.70. The molecule has 0 saturated heterocycles. The van der Waals surface area contributed by atoms with E-state index in [4.69, 9.17) is 14.2 Å². The lowest BCUT2D eigenvalue weighted by Gasteiger charge is -2.22. The Morgan fingerprint density at radius 2 is 1.85 bits per heavy atom. The number of hydrogen-bond acceptors (Lipinski definition) is 7. The second kappa shape index (κ2) is 9.11. The van der Waals surface area contributed by atoms with Gasteiger partial charge < -0.3 is 19.5 Å². The van der Waals surface area contributed by atoms with Crippen LogP contribution in [0.25, 0.3) is 0 Å². The molecule has 2 heterocycles. The predicted molar refractivity (Wildman–Crippen MR) is 125 cm³/mol. The zero-order chi connectivity index (χ0) is 22.8. The fraction of sp³-hybridized carbons (Fsp3) is 0.292. The van der Waals surface area contributed by atoms with Gasteiger partial charge in [0, 0.05) is 22.2 Å². The highest BCUT2D eigenvalue weighted by molar-refractivity contribution is 7.16. The number of amides is 2. The molecule has 2 aliphatic rings. The van der Waals surface area contributed by atoms with Crippen molar-refractivity contribution in [1.82, 2.24) is 4.98 Å². The summed E-state index contributed by atoms with van der Waals surface area (Å²) >= 11 is 1.43. The van der Waals surface area contributed by atoms with Crippen molar-refractivity contribution in [3.05, 3.63) is 58.6 Å². The average molecular weight is 466 g/mol. The molecule has 5 rings (SSSR count). The van der Waals surface area contributed by atoms with Crippen molar-refractivity contribution < 1.29 is 23.8 Å². The maximum atomic E-state index is 13.1. The number of nitrogens with one attached hydrogen (secondary N) is 2. The first-order valence-electron chi connectivity index (χ1n) is 10.8. The number of rotatable bonds is 5. The maximum Gasteiger partial charge on any atom is 0.257 e. The van der Waals surface area contributed by atoms with Crippen LogP contribution >= 0.6 is 11.3 Å².